The number of nitrogens with one attached hydrogen (secondary N) is 1. The molecule has 0 heterocycles. The zero-order chi connectivity index (χ0) is 15.8. The molecule has 2 N–H and O–H groups in total. The van der Waals surface area contributed by atoms with Crippen molar-refractivity contribution in [2.24, 2.45) is 0 Å². The minimum Gasteiger partial charge on any atom is -0.496 e. The van der Waals surface area contributed by atoms with E-state index in [1.165, 1.54) is 0 Å². The molecule has 3 nitrogen and oxygen atoms in total. The van der Waals surface area contributed by atoms with Gasteiger partial charge in [-0.3, -0.25) is 0 Å². The molecular formula is C19H23NO2. The van der Waals surface area contributed by atoms with Crippen LogP contribution in [-0.4, -0.2) is 25.3 Å². The Morgan fingerprint density at radius 2 is 1.77 bits per heavy atom. The van der Waals surface area contributed by atoms with Crippen molar-refractivity contribution in [1.29, 1.82) is 0 Å². The average molecular weight is 297 g/mol. The molecule has 0 fully saturated rings. The van der Waals surface area contributed by atoms with E-state index in [1.807, 2.05) is 73.7 Å². The van der Waals surface area contributed by atoms with E-state index in [2.05, 4.69) is 5.32 Å². The Morgan fingerprint density at radius 1 is 1.09 bits per heavy atom. The summed E-state index contributed by atoms with van der Waals surface area (Å²) in [6.07, 6.45) is 4.04. The minimum absolute atomic E-state index is 0.493. The fourth-order valence-electron chi connectivity index (χ4n) is 2.29. The fourth-order valence-corrected chi connectivity index (χ4v) is 2.29. The number of hydrogen-bond acceptors (Lipinski definition) is 3. The summed E-state index contributed by atoms with van der Waals surface area (Å²) in [6.45, 7) is 2.99. The van der Waals surface area contributed by atoms with Crippen LogP contribution in [-0.2, 0) is 5.60 Å². The SMILES string of the molecule is COc1ccccc1C=CCNCC(C)(O)c1ccccc1. The van der Waals surface area contributed by atoms with Gasteiger partial charge in [-0.15, -0.1) is 0 Å². The fraction of sp³-hybridized carbons (Fsp3) is 0.263. The van der Waals surface area contributed by atoms with Crippen LogP contribution in [0.3, 0.4) is 0 Å². The summed E-state index contributed by atoms with van der Waals surface area (Å²) in [4.78, 5) is 0. The highest BCUT2D eigenvalue weighted by molar-refractivity contribution is 5.57. The van der Waals surface area contributed by atoms with Crippen LogP contribution in [0.2, 0.25) is 0 Å². The van der Waals surface area contributed by atoms with Gasteiger partial charge in [0.1, 0.15) is 5.75 Å². The molecular weight excluding hydrogens is 274 g/mol. The Kier molecular flexibility index (Phi) is 5.75. The quantitative estimate of drug-likeness (QED) is 0.771. The van der Waals surface area contributed by atoms with Gasteiger partial charge in [0, 0.05) is 18.7 Å². The third-order valence-electron chi connectivity index (χ3n) is 3.56. The maximum Gasteiger partial charge on any atom is 0.126 e. The van der Waals surface area contributed by atoms with Crippen LogP contribution in [0.4, 0.5) is 0 Å². The van der Waals surface area contributed by atoms with E-state index in [9.17, 15) is 5.11 Å². The zero-order valence-corrected chi connectivity index (χ0v) is 13.1. The van der Waals surface area contributed by atoms with Crippen molar-refractivity contribution in [1.82, 2.24) is 5.32 Å². The van der Waals surface area contributed by atoms with E-state index in [1.54, 1.807) is 7.11 Å². The number of benzene rings is 2. The molecule has 22 heavy (non-hydrogen) atoms. The minimum atomic E-state index is -0.875. The van der Waals surface area contributed by atoms with Gasteiger partial charge in [-0.1, -0.05) is 60.7 Å². The zero-order valence-electron chi connectivity index (χ0n) is 13.1. The smallest absolute Gasteiger partial charge is 0.126 e. The van der Waals surface area contributed by atoms with E-state index >= 15 is 0 Å². The van der Waals surface area contributed by atoms with E-state index < -0.39 is 5.60 Å². The highest BCUT2D eigenvalue weighted by Gasteiger charge is 2.21. The maximum atomic E-state index is 10.5. The van der Waals surface area contributed by atoms with Gasteiger partial charge in [-0.05, 0) is 18.6 Å². The van der Waals surface area contributed by atoms with Crippen LogP contribution in [0.5, 0.6) is 5.75 Å². The highest BCUT2D eigenvalue weighted by Crippen LogP contribution is 2.19. The standard InChI is InChI=1S/C19H23NO2/c1-19(21,17-11-4-3-5-12-17)15-20-14-8-10-16-9-6-7-13-18(16)22-2/h3-13,20-21H,14-15H2,1-2H3. The molecule has 1 atom stereocenters. The molecule has 0 saturated carbocycles. The van der Waals surface area contributed by atoms with E-state index in [0.29, 0.717) is 13.1 Å². The van der Waals surface area contributed by atoms with E-state index in [0.717, 1.165) is 16.9 Å². The third kappa shape index (κ3) is 4.45. The first kappa shape index (κ1) is 16.3. The lowest BCUT2D eigenvalue weighted by Gasteiger charge is -2.24. The molecule has 116 valence electrons. The van der Waals surface area contributed by atoms with Crippen LogP contribution in [0, 0.1) is 0 Å². The predicted molar refractivity (Wildman–Crippen MR) is 90.9 cm³/mol. The second kappa shape index (κ2) is 7.78. The Balaban J connectivity index is 1.85. The first-order valence-corrected chi connectivity index (χ1v) is 7.41. The van der Waals surface area contributed by atoms with Gasteiger partial charge in [0.05, 0.1) is 12.7 Å². The summed E-state index contributed by atoms with van der Waals surface area (Å²) < 4.78 is 5.30. The molecule has 2 aromatic rings. The van der Waals surface area contributed by atoms with Crippen LogP contribution in [0.15, 0.2) is 60.7 Å². The molecule has 1 unspecified atom stereocenters. The molecule has 3 heteroatoms. The van der Waals surface area contributed by atoms with E-state index in [4.69, 9.17) is 4.74 Å². The first-order chi connectivity index (χ1) is 10.6. The summed E-state index contributed by atoms with van der Waals surface area (Å²) in [5.41, 5.74) is 1.08. The number of methoxy groups -OCH3 is 1. The Bertz CT molecular complexity index is 606. The predicted octanol–water partition coefficient (Wildman–Crippen LogP) is 3.21. The van der Waals surface area contributed by atoms with Crippen LogP contribution >= 0.6 is 0 Å². The molecule has 0 saturated heterocycles. The van der Waals surface area contributed by atoms with Crippen LogP contribution < -0.4 is 10.1 Å². The van der Waals surface area contributed by atoms with Gasteiger partial charge in [-0.2, -0.15) is 0 Å². The maximum absolute atomic E-state index is 10.5. The Hall–Kier alpha value is -2.10. The van der Waals surface area contributed by atoms with Crippen molar-refractivity contribution in [3.8, 4) is 5.75 Å². The lowest BCUT2D eigenvalue weighted by atomic mass is 9.96. The molecule has 0 radical (unpaired) electrons. The van der Waals surface area contributed by atoms with Crippen LogP contribution in [0.1, 0.15) is 18.1 Å². The molecule has 0 spiro atoms. The molecule has 0 amide bonds. The van der Waals surface area contributed by atoms with Gasteiger partial charge in [0.25, 0.3) is 0 Å². The second-order valence-corrected chi connectivity index (χ2v) is 5.42. The topological polar surface area (TPSA) is 41.5 Å². The normalized spacial score (nSPS) is 14.0. The molecule has 0 aliphatic rings. The number of rotatable bonds is 7. The van der Waals surface area contributed by atoms with Crippen molar-refractivity contribution in [2.45, 2.75) is 12.5 Å². The van der Waals surface area contributed by atoms with Crippen LogP contribution in [0.25, 0.3) is 6.08 Å². The molecule has 2 aromatic carbocycles. The number of hydrogen-bond donors (Lipinski definition) is 2. The number of para-hydroxylation sites is 1. The van der Waals surface area contributed by atoms with Gasteiger partial charge in [0.2, 0.25) is 0 Å². The highest BCUT2D eigenvalue weighted by atomic mass is 16.5. The lowest BCUT2D eigenvalue weighted by Crippen LogP contribution is -2.35. The van der Waals surface area contributed by atoms with Crippen molar-refractivity contribution in [3.63, 3.8) is 0 Å². The van der Waals surface area contributed by atoms with E-state index in [-0.39, 0.29) is 0 Å². The van der Waals surface area contributed by atoms with Crippen molar-refractivity contribution >= 4 is 6.08 Å². The first-order valence-electron chi connectivity index (χ1n) is 7.41. The van der Waals surface area contributed by atoms with Gasteiger partial charge in [-0.25, -0.2) is 0 Å². The average Bonchev–Trinajstić information content (AvgIpc) is 2.55. The largest absolute Gasteiger partial charge is 0.496 e. The third-order valence-corrected chi connectivity index (χ3v) is 3.56. The summed E-state index contributed by atoms with van der Waals surface area (Å²) in [6, 6.07) is 17.6. The molecule has 0 aliphatic carbocycles. The van der Waals surface area contributed by atoms with Crippen molar-refractivity contribution < 1.29 is 9.84 Å². The van der Waals surface area contributed by atoms with Gasteiger partial charge < -0.3 is 15.2 Å². The summed E-state index contributed by atoms with van der Waals surface area (Å²) in [5, 5.41) is 13.7. The Labute approximate surface area is 132 Å². The summed E-state index contributed by atoms with van der Waals surface area (Å²) in [5.74, 6) is 0.857. The summed E-state index contributed by atoms with van der Waals surface area (Å²) in [7, 11) is 1.67. The summed E-state index contributed by atoms with van der Waals surface area (Å²) >= 11 is 0. The monoisotopic (exact) mass is 297 g/mol. The van der Waals surface area contributed by atoms with Gasteiger partial charge in [0.15, 0.2) is 0 Å². The Morgan fingerprint density at radius 3 is 2.50 bits per heavy atom. The van der Waals surface area contributed by atoms with Gasteiger partial charge >= 0.3 is 0 Å². The molecule has 0 aromatic heterocycles. The van der Waals surface area contributed by atoms with Crippen molar-refractivity contribution in [2.75, 3.05) is 20.2 Å². The second-order valence-electron chi connectivity index (χ2n) is 5.42. The molecule has 0 aliphatic heterocycles. The molecule has 2 rings (SSSR count). The molecule has 0 bridgehead atoms. The number of aliphatic hydroxyl groups is 1. The number of ether oxygens (including phenoxy) is 1. The lowest BCUT2D eigenvalue weighted by molar-refractivity contribution is 0.0581. The van der Waals surface area contributed by atoms with Crippen molar-refractivity contribution in [3.05, 3.63) is 71.8 Å².